The molecular formula is C11H22N2O4S. The molecule has 2 unspecified atom stereocenters. The highest BCUT2D eigenvalue weighted by molar-refractivity contribution is 7.90. The van der Waals surface area contributed by atoms with Gasteiger partial charge >= 0.3 is 0 Å². The van der Waals surface area contributed by atoms with Crippen LogP contribution in [0.3, 0.4) is 0 Å². The van der Waals surface area contributed by atoms with Crippen molar-refractivity contribution in [3.05, 3.63) is 0 Å². The van der Waals surface area contributed by atoms with E-state index in [2.05, 4.69) is 10.0 Å². The third-order valence-electron chi connectivity index (χ3n) is 2.80. The second-order valence-corrected chi connectivity index (χ2v) is 6.33. The minimum absolute atomic E-state index is 0.0284. The third-order valence-corrected chi connectivity index (χ3v) is 4.26. The lowest BCUT2D eigenvalue weighted by atomic mass is 10.0. The van der Waals surface area contributed by atoms with E-state index >= 15 is 0 Å². The van der Waals surface area contributed by atoms with Gasteiger partial charge in [-0.15, -0.1) is 0 Å². The van der Waals surface area contributed by atoms with E-state index in [1.165, 1.54) is 0 Å². The standard InChI is InChI=1S/C11H22N2O4S/c1-3-5-12-10-8-17-7-9(10)11(14)13-18(15,16)6-4-2/h9-10,12H,3-8H2,1-2H3,(H,13,14). The number of rotatable bonds is 7. The Morgan fingerprint density at radius 1 is 1.28 bits per heavy atom. The van der Waals surface area contributed by atoms with Gasteiger partial charge in [-0.2, -0.15) is 0 Å². The minimum Gasteiger partial charge on any atom is -0.379 e. The van der Waals surface area contributed by atoms with Crippen LogP contribution in [-0.4, -0.2) is 45.9 Å². The molecule has 1 aliphatic rings. The van der Waals surface area contributed by atoms with Gasteiger partial charge in [-0.25, -0.2) is 8.42 Å². The minimum atomic E-state index is -3.50. The molecule has 1 fully saturated rings. The number of sulfonamides is 1. The molecule has 6 nitrogen and oxygen atoms in total. The summed E-state index contributed by atoms with van der Waals surface area (Å²) in [7, 11) is -3.50. The van der Waals surface area contributed by atoms with Crippen molar-refractivity contribution >= 4 is 15.9 Å². The van der Waals surface area contributed by atoms with E-state index in [0.29, 0.717) is 13.0 Å². The fraction of sp³-hybridized carbons (Fsp3) is 0.909. The van der Waals surface area contributed by atoms with Gasteiger partial charge in [0.2, 0.25) is 15.9 Å². The molecule has 0 aromatic heterocycles. The first-order valence-electron chi connectivity index (χ1n) is 6.35. The Kier molecular flexibility index (Phi) is 6.04. The number of hydrogen-bond acceptors (Lipinski definition) is 5. The third kappa shape index (κ3) is 4.55. The van der Waals surface area contributed by atoms with Gasteiger partial charge in [0.15, 0.2) is 0 Å². The lowest BCUT2D eigenvalue weighted by molar-refractivity contribution is -0.123. The second-order valence-electron chi connectivity index (χ2n) is 4.49. The Labute approximate surface area is 109 Å². The smallest absolute Gasteiger partial charge is 0.240 e. The summed E-state index contributed by atoms with van der Waals surface area (Å²) in [5.41, 5.74) is 0. The highest BCUT2D eigenvalue weighted by atomic mass is 32.2. The lowest BCUT2D eigenvalue weighted by Gasteiger charge is -2.18. The Bertz CT molecular complexity index is 369. The van der Waals surface area contributed by atoms with Gasteiger partial charge in [0, 0.05) is 6.04 Å². The van der Waals surface area contributed by atoms with Crippen LogP contribution in [0.15, 0.2) is 0 Å². The van der Waals surface area contributed by atoms with Crippen LogP contribution in [0.5, 0.6) is 0 Å². The van der Waals surface area contributed by atoms with Crippen molar-refractivity contribution in [2.75, 3.05) is 25.5 Å². The van der Waals surface area contributed by atoms with Crippen molar-refractivity contribution in [3.63, 3.8) is 0 Å². The van der Waals surface area contributed by atoms with E-state index in [1.54, 1.807) is 6.92 Å². The number of carbonyl (C=O) groups excluding carboxylic acids is 1. The fourth-order valence-electron chi connectivity index (χ4n) is 1.89. The van der Waals surface area contributed by atoms with Gasteiger partial charge < -0.3 is 10.1 Å². The van der Waals surface area contributed by atoms with Gasteiger partial charge in [0.25, 0.3) is 0 Å². The number of ether oxygens (including phenoxy) is 1. The van der Waals surface area contributed by atoms with Crippen molar-refractivity contribution in [2.45, 2.75) is 32.7 Å². The molecule has 2 atom stereocenters. The van der Waals surface area contributed by atoms with Crippen molar-refractivity contribution < 1.29 is 17.9 Å². The monoisotopic (exact) mass is 278 g/mol. The predicted molar refractivity (Wildman–Crippen MR) is 68.6 cm³/mol. The van der Waals surface area contributed by atoms with Gasteiger partial charge in [0.1, 0.15) is 0 Å². The quantitative estimate of drug-likeness (QED) is 0.677. The molecule has 0 aromatic carbocycles. The van der Waals surface area contributed by atoms with Crippen molar-refractivity contribution in [1.82, 2.24) is 10.0 Å². The molecule has 7 heteroatoms. The molecule has 0 radical (unpaired) electrons. The molecule has 106 valence electrons. The molecule has 18 heavy (non-hydrogen) atoms. The van der Waals surface area contributed by atoms with E-state index in [1.807, 2.05) is 6.92 Å². The molecule has 2 N–H and O–H groups in total. The van der Waals surface area contributed by atoms with Crippen LogP contribution < -0.4 is 10.0 Å². The number of nitrogens with one attached hydrogen (secondary N) is 2. The van der Waals surface area contributed by atoms with Crippen LogP contribution in [0.1, 0.15) is 26.7 Å². The summed E-state index contributed by atoms with van der Waals surface area (Å²) in [5, 5.41) is 3.20. The first-order chi connectivity index (χ1) is 8.50. The highest BCUT2D eigenvalue weighted by Gasteiger charge is 2.35. The van der Waals surface area contributed by atoms with E-state index in [0.717, 1.165) is 13.0 Å². The Morgan fingerprint density at radius 2 is 2.00 bits per heavy atom. The van der Waals surface area contributed by atoms with Crippen LogP contribution in [0.4, 0.5) is 0 Å². The highest BCUT2D eigenvalue weighted by Crippen LogP contribution is 2.14. The normalized spacial score (nSPS) is 24.1. The van der Waals surface area contributed by atoms with E-state index in [9.17, 15) is 13.2 Å². The molecule has 1 heterocycles. The fourth-order valence-corrected chi connectivity index (χ4v) is 2.99. The summed E-state index contributed by atoms with van der Waals surface area (Å²) >= 11 is 0. The van der Waals surface area contributed by atoms with Gasteiger partial charge in [0.05, 0.1) is 24.9 Å². The molecule has 1 rings (SSSR count). The SMILES string of the molecule is CCCNC1COCC1C(=O)NS(=O)(=O)CCC. The maximum Gasteiger partial charge on any atom is 0.240 e. The Morgan fingerprint density at radius 3 is 2.61 bits per heavy atom. The summed E-state index contributed by atoms with van der Waals surface area (Å²) in [6.45, 7) is 5.30. The zero-order valence-electron chi connectivity index (χ0n) is 10.9. The van der Waals surface area contributed by atoms with Crippen LogP contribution in [-0.2, 0) is 19.6 Å². The van der Waals surface area contributed by atoms with Crippen LogP contribution in [0.25, 0.3) is 0 Å². The molecule has 0 saturated carbocycles. The molecule has 0 aliphatic carbocycles. The summed E-state index contributed by atoms with van der Waals surface area (Å²) in [6, 6.07) is -0.0956. The van der Waals surface area contributed by atoms with Crippen LogP contribution >= 0.6 is 0 Å². The van der Waals surface area contributed by atoms with Crippen LogP contribution in [0, 0.1) is 5.92 Å². The Balaban J connectivity index is 2.55. The summed E-state index contributed by atoms with van der Waals surface area (Å²) in [4.78, 5) is 11.9. The zero-order valence-corrected chi connectivity index (χ0v) is 11.8. The summed E-state index contributed by atoms with van der Waals surface area (Å²) < 4.78 is 30.4. The summed E-state index contributed by atoms with van der Waals surface area (Å²) in [5.74, 6) is -0.919. The van der Waals surface area contributed by atoms with Gasteiger partial charge in [-0.1, -0.05) is 13.8 Å². The predicted octanol–water partition coefficient (Wildman–Crippen LogP) is -0.143. The van der Waals surface area contributed by atoms with E-state index < -0.39 is 21.8 Å². The molecule has 0 aromatic rings. The number of amides is 1. The van der Waals surface area contributed by atoms with Crippen molar-refractivity contribution in [1.29, 1.82) is 0 Å². The average molecular weight is 278 g/mol. The average Bonchev–Trinajstić information content (AvgIpc) is 2.73. The first kappa shape index (κ1) is 15.4. The molecule has 1 saturated heterocycles. The topological polar surface area (TPSA) is 84.5 Å². The maximum atomic E-state index is 11.9. The Hall–Kier alpha value is -0.660. The number of carbonyl (C=O) groups is 1. The molecule has 1 aliphatic heterocycles. The largest absolute Gasteiger partial charge is 0.379 e. The van der Waals surface area contributed by atoms with Gasteiger partial charge in [-0.3, -0.25) is 9.52 Å². The van der Waals surface area contributed by atoms with E-state index in [4.69, 9.17) is 4.74 Å². The molecule has 0 bridgehead atoms. The molecular weight excluding hydrogens is 256 g/mol. The molecule has 0 spiro atoms. The summed E-state index contributed by atoms with van der Waals surface area (Å²) in [6.07, 6.45) is 1.44. The van der Waals surface area contributed by atoms with Crippen molar-refractivity contribution in [2.24, 2.45) is 5.92 Å². The first-order valence-corrected chi connectivity index (χ1v) is 8.00. The lowest BCUT2D eigenvalue weighted by Crippen LogP contribution is -2.46. The number of hydrogen-bond donors (Lipinski definition) is 2. The second kappa shape index (κ2) is 7.06. The maximum absolute atomic E-state index is 11.9. The zero-order chi connectivity index (χ0) is 13.6. The van der Waals surface area contributed by atoms with Crippen LogP contribution in [0.2, 0.25) is 0 Å². The molecule has 1 amide bonds. The van der Waals surface area contributed by atoms with Crippen molar-refractivity contribution in [3.8, 4) is 0 Å². The van der Waals surface area contributed by atoms with Gasteiger partial charge in [-0.05, 0) is 19.4 Å². The van der Waals surface area contributed by atoms with E-state index in [-0.39, 0.29) is 18.4 Å².